The number of likely N-dealkylation sites (tertiary alicyclic amines) is 1. The van der Waals surface area contributed by atoms with Crippen LogP contribution in [0, 0.1) is 0 Å². The van der Waals surface area contributed by atoms with Gasteiger partial charge in [-0.15, -0.1) is 0 Å². The lowest BCUT2D eigenvalue weighted by atomic mass is 9.93. The summed E-state index contributed by atoms with van der Waals surface area (Å²) in [5, 5.41) is 4.37. The van der Waals surface area contributed by atoms with Crippen molar-refractivity contribution in [2.45, 2.75) is 25.2 Å². The summed E-state index contributed by atoms with van der Waals surface area (Å²) in [6.07, 6.45) is 6.15. The molecule has 2 aromatic heterocycles. The van der Waals surface area contributed by atoms with Crippen molar-refractivity contribution in [1.82, 2.24) is 19.5 Å². The zero-order valence-electron chi connectivity index (χ0n) is 14.6. The summed E-state index contributed by atoms with van der Waals surface area (Å²) >= 11 is 0. The molecule has 1 aliphatic rings. The maximum Gasteiger partial charge on any atom is 0.224 e. The van der Waals surface area contributed by atoms with Crippen LogP contribution < -0.4 is 4.90 Å². The molecule has 0 spiro atoms. The molecule has 1 saturated heterocycles. The number of fused-ring (bicyclic) bond motifs is 1. The molecule has 3 heterocycles. The van der Waals surface area contributed by atoms with Gasteiger partial charge in [0, 0.05) is 40.2 Å². The normalized spacial score (nSPS) is 15.9. The average molecular weight is 331 g/mol. The van der Waals surface area contributed by atoms with Gasteiger partial charge in [0.05, 0.1) is 31.1 Å². The molecule has 2 aromatic rings. The van der Waals surface area contributed by atoms with Gasteiger partial charge in [-0.2, -0.15) is 5.10 Å². The Morgan fingerprint density at radius 2 is 2.12 bits per heavy atom. The molecule has 130 valence electrons. The Balaban J connectivity index is 1.72. The van der Waals surface area contributed by atoms with Gasteiger partial charge in [-0.05, 0) is 18.9 Å². The van der Waals surface area contributed by atoms with Gasteiger partial charge in [-0.1, -0.05) is 0 Å². The van der Waals surface area contributed by atoms with Crippen LogP contribution in [0.1, 0.15) is 30.9 Å². The van der Waals surface area contributed by atoms with Gasteiger partial charge in [-0.25, -0.2) is 9.50 Å². The van der Waals surface area contributed by atoms with Crippen molar-refractivity contribution in [3.05, 3.63) is 24.2 Å². The minimum atomic E-state index is 0.180. The number of carbonyl (C=O) groups is 1. The van der Waals surface area contributed by atoms with Crippen LogP contribution >= 0.6 is 0 Å². The van der Waals surface area contributed by atoms with E-state index < -0.39 is 0 Å². The van der Waals surface area contributed by atoms with Crippen LogP contribution in [0.25, 0.3) is 5.52 Å². The number of anilines is 1. The second-order valence-electron chi connectivity index (χ2n) is 6.44. The Kier molecular flexibility index (Phi) is 4.99. The van der Waals surface area contributed by atoms with E-state index in [1.54, 1.807) is 13.3 Å². The van der Waals surface area contributed by atoms with Crippen LogP contribution in [0.2, 0.25) is 0 Å². The van der Waals surface area contributed by atoms with Crippen molar-refractivity contribution in [3.63, 3.8) is 0 Å². The average Bonchev–Trinajstić information content (AvgIpc) is 3.07. The van der Waals surface area contributed by atoms with Gasteiger partial charge in [0.15, 0.2) is 5.82 Å². The Bertz CT molecular complexity index is 704. The highest BCUT2D eigenvalue weighted by Gasteiger charge is 2.25. The predicted molar refractivity (Wildman–Crippen MR) is 92.4 cm³/mol. The summed E-state index contributed by atoms with van der Waals surface area (Å²) in [5.74, 6) is 1.48. The van der Waals surface area contributed by atoms with Crippen LogP contribution in [0.3, 0.4) is 0 Å². The molecule has 0 N–H and O–H groups in total. The first-order valence-corrected chi connectivity index (χ1v) is 8.38. The van der Waals surface area contributed by atoms with Gasteiger partial charge in [0.25, 0.3) is 0 Å². The number of ether oxygens (including phenoxy) is 1. The van der Waals surface area contributed by atoms with Crippen molar-refractivity contribution in [1.29, 1.82) is 0 Å². The molecule has 0 unspecified atom stereocenters. The Labute approximate surface area is 142 Å². The van der Waals surface area contributed by atoms with E-state index in [-0.39, 0.29) is 5.91 Å². The second kappa shape index (κ2) is 7.17. The van der Waals surface area contributed by atoms with E-state index in [2.05, 4.69) is 5.10 Å². The van der Waals surface area contributed by atoms with E-state index in [9.17, 15) is 4.79 Å². The van der Waals surface area contributed by atoms with Crippen LogP contribution in [0.15, 0.2) is 18.5 Å². The molecule has 0 aliphatic carbocycles. The van der Waals surface area contributed by atoms with Crippen molar-refractivity contribution in [2.75, 3.05) is 45.8 Å². The van der Waals surface area contributed by atoms with Gasteiger partial charge < -0.3 is 14.5 Å². The fourth-order valence-electron chi connectivity index (χ4n) is 3.23. The molecular weight excluding hydrogens is 306 g/mol. The van der Waals surface area contributed by atoms with Crippen molar-refractivity contribution in [3.8, 4) is 0 Å². The van der Waals surface area contributed by atoms with Crippen LogP contribution in [-0.4, -0.2) is 66.3 Å². The summed E-state index contributed by atoms with van der Waals surface area (Å²) in [5.41, 5.74) is 2.06. The second-order valence-corrected chi connectivity index (χ2v) is 6.44. The Morgan fingerprint density at radius 3 is 2.79 bits per heavy atom. The number of hydrogen-bond donors (Lipinski definition) is 0. The first-order valence-electron chi connectivity index (χ1n) is 8.38. The highest BCUT2D eigenvalue weighted by Crippen LogP contribution is 2.29. The lowest BCUT2D eigenvalue weighted by Crippen LogP contribution is -2.38. The number of carbonyl (C=O) groups excluding carboxylic acids is 1. The lowest BCUT2D eigenvalue weighted by molar-refractivity contribution is -0.133. The molecule has 24 heavy (non-hydrogen) atoms. The topological polar surface area (TPSA) is 63.0 Å². The number of hydrogen-bond acceptors (Lipinski definition) is 5. The number of aromatic nitrogens is 3. The quantitative estimate of drug-likeness (QED) is 0.831. The molecule has 7 nitrogen and oxygen atoms in total. The van der Waals surface area contributed by atoms with Gasteiger partial charge >= 0.3 is 0 Å². The largest absolute Gasteiger partial charge is 0.384 e. The van der Waals surface area contributed by atoms with Gasteiger partial charge in [0.1, 0.15) is 5.52 Å². The Morgan fingerprint density at radius 1 is 1.38 bits per heavy atom. The first kappa shape index (κ1) is 16.7. The number of nitrogens with zero attached hydrogens (tertiary/aromatic N) is 5. The molecule has 7 heteroatoms. The molecule has 0 radical (unpaired) electrons. The van der Waals surface area contributed by atoms with Gasteiger partial charge in [-0.3, -0.25) is 4.79 Å². The molecule has 0 saturated carbocycles. The van der Waals surface area contributed by atoms with E-state index in [1.807, 2.05) is 40.7 Å². The van der Waals surface area contributed by atoms with Crippen LogP contribution in [-0.2, 0) is 9.53 Å². The molecule has 0 aromatic carbocycles. The standard InChI is InChI=1S/C17H25N5O2/c1-20(2)17-15-4-8-18-22(15)12-14(19-17)13-5-9-21(10-6-13)16(23)7-11-24-3/h4,8,12-13H,5-7,9-11H2,1-3H3. The van der Waals surface area contributed by atoms with E-state index >= 15 is 0 Å². The monoisotopic (exact) mass is 331 g/mol. The summed E-state index contributed by atoms with van der Waals surface area (Å²) in [6.45, 7) is 2.05. The smallest absolute Gasteiger partial charge is 0.224 e. The minimum Gasteiger partial charge on any atom is -0.384 e. The highest BCUT2D eigenvalue weighted by molar-refractivity contribution is 5.76. The van der Waals surface area contributed by atoms with Crippen LogP contribution in [0.4, 0.5) is 5.82 Å². The van der Waals surface area contributed by atoms with Crippen molar-refractivity contribution >= 4 is 17.2 Å². The van der Waals surface area contributed by atoms with E-state index in [1.165, 1.54) is 0 Å². The summed E-state index contributed by atoms with van der Waals surface area (Å²) in [7, 11) is 5.62. The number of amides is 1. The molecule has 3 rings (SSSR count). The fraction of sp³-hybridized carbons (Fsp3) is 0.588. The molecular formula is C17H25N5O2. The third-order valence-electron chi connectivity index (χ3n) is 4.60. The third kappa shape index (κ3) is 3.36. The molecule has 1 fully saturated rings. The third-order valence-corrected chi connectivity index (χ3v) is 4.60. The zero-order valence-corrected chi connectivity index (χ0v) is 14.6. The number of rotatable bonds is 5. The van der Waals surface area contributed by atoms with E-state index in [4.69, 9.17) is 9.72 Å². The van der Waals surface area contributed by atoms with Crippen molar-refractivity contribution in [2.24, 2.45) is 0 Å². The molecule has 0 bridgehead atoms. The van der Waals surface area contributed by atoms with E-state index in [0.717, 1.165) is 43.0 Å². The zero-order chi connectivity index (χ0) is 17.1. The lowest BCUT2D eigenvalue weighted by Gasteiger charge is -2.32. The molecule has 1 amide bonds. The summed E-state index contributed by atoms with van der Waals surface area (Å²) < 4.78 is 6.89. The number of methoxy groups -OCH3 is 1. The molecule has 1 aliphatic heterocycles. The predicted octanol–water partition coefficient (Wildman–Crippen LogP) is 1.54. The minimum absolute atomic E-state index is 0.180. The van der Waals surface area contributed by atoms with Crippen LogP contribution in [0.5, 0.6) is 0 Å². The maximum absolute atomic E-state index is 12.1. The summed E-state index contributed by atoms with van der Waals surface area (Å²) in [4.78, 5) is 20.9. The Hall–Kier alpha value is -2.15. The maximum atomic E-state index is 12.1. The summed E-state index contributed by atoms with van der Waals surface area (Å²) in [6, 6.07) is 1.98. The van der Waals surface area contributed by atoms with Crippen molar-refractivity contribution < 1.29 is 9.53 Å². The van der Waals surface area contributed by atoms with Gasteiger partial charge in [0.2, 0.25) is 5.91 Å². The SMILES string of the molecule is COCCC(=O)N1CCC(c2cn3nccc3c(N(C)C)n2)CC1. The first-order chi connectivity index (χ1) is 11.6. The fourth-order valence-corrected chi connectivity index (χ4v) is 3.23. The number of piperidine rings is 1. The molecule has 0 atom stereocenters. The highest BCUT2D eigenvalue weighted by atomic mass is 16.5. The van der Waals surface area contributed by atoms with E-state index in [0.29, 0.717) is 18.9 Å².